The predicted octanol–water partition coefficient (Wildman–Crippen LogP) is 21.8. The minimum absolute atomic E-state index is 0.00565. The van der Waals surface area contributed by atoms with Crippen molar-refractivity contribution in [2.45, 2.75) is 392 Å². The third kappa shape index (κ3) is 61.4. The van der Waals surface area contributed by atoms with E-state index >= 15 is 0 Å². The molecule has 444 valence electrons. The van der Waals surface area contributed by atoms with Gasteiger partial charge in [0.15, 0.2) is 0 Å². The lowest BCUT2D eigenvalue weighted by Gasteiger charge is -2.22. The van der Waals surface area contributed by atoms with Gasteiger partial charge in [0.1, 0.15) is 0 Å². The van der Waals surface area contributed by atoms with Crippen LogP contribution in [0.3, 0.4) is 0 Å². The number of carbonyl (C=O) groups excluding carboxylic acids is 2. The number of hydrogen-bond donors (Lipinski definition) is 3. The molecular formula is C69H133NO5. The van der Waals surface area contributed by atoms with Gasteiger partial charge in [-0.05, 0) is 51.4 Å². The first kappa shape index (κ1) is 73.3. The Balaban J connectivity index is 3.32. The molecule has 0 heterocycles. The molecule has 6 nitrogen and oxygen atoms in total. The lowest BCUT2D eigenvalue weighted by atomic mass is 10.0. The summed E-state index contributed by atoms with van der Waals surface area (Å²) in [6, 6.07) is -0.537. The van der Waals surface area contributed by atoms with E-state index in [1.54, 1.807) is 0 Å². The summed E-state index contributed by atoms with van der Waals surface area (Å²) < 4.78 is 5.48. The standard InChI is InChI=1S/C69H133NO5/c1-3-5-7-9-11-13-15-17-38-41-45-49-53-57-61-67(72)66(65-71)70-68(73)62-58-54-50-46-42-39-35-33-31-29-27-25-23-21-19-18-20-22-24-26-28-30-32-34-36-40-44-48-52-56-60-64-75-69(74)63-59-55-51-47-43-37-16-14-12-10-8-6-4-2/h8,10,14,16,66-67,71-72H,3-7,9,11-13,15,17-65H2,1-2H3,(H,70,73)/b10-8-,16-14-. The number of allylic oxidation sites excluding steroid dienone is 4. The fourth-order valence-corrected chi connectivity index (χ4v) is 10.8. The van der Waals surface area contributed by atoms with Crippen molar-refractivity contribution >= 4 is 11.9 Å². The highest BCUT2D eigenvalue weighted by Gasteiger charge is 2.20. The Labute approximate surface area is 469 Å². The zero-order chi connectivity index (χ0) is 54.3. The topological polar surface area (TPSA) is 95.9 Å². The van der Waals surface area contributed by atoms with Crippen LogP contribution in [0, 0.1) is 0 Å². The maximum absolute atomic E-state index is 12.5. The first-order valence-electron chi connectivity index (χ1n) is 34.1. The van der Waals surface area contributed by atoms with Crippen molar-refractivity contribution in [1.82, 2.24) is 5.32 Å². The molecule has 6 heteroatoms. The lowest BCUT2D eigenvalue weighted by molar-refractivity contribution is -0.143. The number of hydrogen-bond acceptors (Lipinski definition) is 5. The molecule has 0 aromatic rings. The second-order valence-electron chi connectivity index (χ2n) is 23.5. The van der Waals surface area contributed by atoms with E-state index in [4.69, 9.17) is 4.74 Å². The second-order valence-corrected chi connectivity index (χ2v) is 23.5. The molecule has 75 heavy (non-hydrogen) atoms. The fraction of sp³-hybridized carbons (Fsp3) is 0.913. The van der Waals surface area contributed by atoms with Crippen LogP contribution in [0.4, 0.5) is 0 Å². The van der Waals surface area contributed by atoms with Crippen LogP contribution >= 0.6 is 0 Å². The van der Waals surface area contributed by atoms with E-state index in [2.05, 4.69) is 43.5 Å². The highest BCUT2D eigenvalue weighted by Crippen LogP contribution is 2.19. The van der Waals surface area contributed by atoms with E-state index in [1.165, 1.54) is 295 Å². The summed E-state index contributed by atoms with van der Waals surface area (Å²) in [6.45, 7) is 4.91. The first-order valence-corrected chi connectivity index (χ1v) is 34.1. The Morgan fingerprint density at radius 1 is 0.373 bits per heavy atom. The summed E-state index contributed by atoms with van der Waals surface area (Å²) in [7, 11) is 0. The summed E-state index contributed by atoms with van der Waals surface area (Å²) >= 11 is 0. The van der Waals surface area contributed by atoms with Crippen LogP contribution in [0.1, 0.15) is 380 Å². The summed E-state index contributed by atoms with van der Waals surface area (Å²) in [5, 5.41) is 23.3. The SMILES string of the molecule is CCC/C=C\C/C=C\CCCCCCCC(=O)OCCCCCCCCCCCCCCCCCCCCCCCCCCCCCCCCCC(=O)NC(CO)C(O)CCCCCCCCCCCCCCCC. The Kier molecular flexibility index (Phi) is 63.4. The van der Waals surface area contributed by atoms with Crippen LogP contribution in [0.15, 0.2) is 24.3 Å². The molecule has 0 aromatic carbocycles. The maximum Gasteiger partial charge on any atom is 0.305 e. The summed E-state index contributed by atoms with van der Waals surface area (Å²) in [6.07, 6.45) is 80.8. The zero-order valence-electron chi connectivity index (χ0n) is 50.8. The van der Waals surface area contributed by atoms with Gasteiger partial charge in [-0.3, -0.25) is 9.59 Å². The third-order valence-electron chi connectivity index (χ3n) is 16.0. The lowest BCUT2D eigenvalue weighted by Crippen LogP contribution is -2.45. The maximum atomic E-state index is 12.5. The molecule has 0 fully saturated rings. The van der Waals surface area contributed by atoms with E-state index in [0.29, 0.717) is 25.9 Å². The third-order valence-corrected chi connectivity index (χ3v) is 16.0. The van der Waals surface area contributed by atoms with Crippen molar-refractivity contribution in [3.8, 4) is 0 Å². The number of aliphatic hydroxyl groups is 2. The number of esters is 1. The molecule has 0 saturated heterocycles. The Morgan fingerprint density at radius 3 is 1.07 bits per heavy atom. The highest BCUT2D eigenvalue weighted by atomic mass is 16.5. The molecule has 0 aliphatic carbocycles. The van der Waals surface area contributed by atoms with Crippen LogP contribution < -0.4 is 5.32 Å². The van der Waals surface area contributed by atoms with Gasteiger partial charge in [0.25, 0.3) is 0 Å². The monoisotopic (exact) mass is 1060 g/mol. The van der Waals surface area contributed by atoms with Crippen molar-refractivity contribution in [3.63, 3.8) is 0 Å². The molecule has 0 rings (SSSR count). The van der Waals surface area contributed by atoms with Gasteiger partial charge in [-0.1, -0.05) is 340 Å². The Bertz CT molecular complexity index is 1170. The average molecular weight is 1060 g/mol. The Morgan fingerprint density at radius 2 is 0.693 bits per heavy atom. The molecule has 0 radical (unpaired) electrons. The minimum atomic E-state index is -0.660. The average Bonchev–Trinajstić information content (AvgIpc) is 3.41. The van der Waals surface area contributed by atoms with Gasteiger partial charge < -0.3 is 20.3 Å². The van der Waals surface area contributed by atoms with Gasteiger partial charge in [-0.25, -0.2) is 0 Å². The number of aliphatic hydroxyl groups excluding tert-OH is 2. The van der Waals surface area contributed by atoms with Crippen LogP contribution in [-0.4, -0.2) is 47.4 Å². The minimum Gasteiger partial charge on any atom is -0.466 e. The van der Waals surface area contributed by atoms with Gasteiger partial charge in [-0.2, -0.15) is 0 Å². The van der Waals surface area contributed by atoms with Crippen LogP contribution in [0.2, 0.25) is 0 Å². The number of rotatable bonds is 64. The molecule has 0 spiro atoms. The van der Waals surface area contributed by atoms with Crippen LogP contribution in [-0.2, 0) is 14.3 Å². The normalized spacial score (nSPS) is 12.6. The van der Waals surface area contributed by atoms with Gasteiger partial charge in [-0.15, -0.1) is 0 Å². The second kappa shape index (κ2) is 64.9. The van der Waals surface area contributed by atoms with Crippen molar-refractivity contribution in [2.24, 2.45) is 0 Å². The molecule has 0 aliphatic rings. The van der Waals surface area contributed by atoms with Gasteiger partial charge in [0.05, 0.1) is 25.4 Å². The largest absolute Gasteiger partial charge is 0.466 e. The van der Waals surface area contributed by atoms with E-state index in [9.17, 15) is 19.8 Å². The van der Waals surface area contributed by atoms with E-state index < -0.39 is 12.1 Å². The number of amides is 1. The molecule has 0 aliphatic heterocycles. The van der Waals surface area contributed by atoms with Crippen molar-refractivity contribution in [2.75, 3.05) is 13.2 Å². The molecule has 1 amide bonds. The quantitative estimate of drug-likeness (QED) is 0.0320. The van der Waals surface area contributed by atoms with Crippen molar-refractivity contribution in [1.29, 1.82) is 0 Å². The van der Waals surface area contributed by atoms with Gasteiger partial charge >= 0.3 is 5.97 Å². The molecule has 0 saturated carbocycles. The number of unbranched alkanes of at least 4 members (excludes halogenated alkanes) is 49. The fourth-order valence-electron chi connectivity index (χ4n) is 10.8. The molecule has 0 aromatic heterocycles. The summed E-state index contributed by atoms with van der Waals surface area (Å²) in [5.41, 5.74) is 0. The molecule has 0 bridgehead atoms. The van der Waals surface area contributed by atoms with E-state index in [1.807, 2.05) is 0 Å². The highest BCUT2D eigenvalue weighted by molar-refractivity contribution is 5.76. The van der Waals surface area contributed by atoms with Gasteiger partial charge in [0, 0.05) is 12.8 Å². The molecule has 2 atom stereocenters. The van der Waals surface area contributed by atoms with E-state index in [-0.39, 0.29) is 18.5 Å². The predicted molar refractivity (Wildman–Crippen MR) is 329 cm³/mol. The van der Waals surface area contributed by atoms with E-state index in [0.717, 1.165) is 51.4 Å². The number of ether oxygens (including phenoxy) is 1. The summed E-state index contributed by atoms with van der Waals surface area (Å²) in [5.74, 6) is -0.0228. The number of nitrogens with one attached hydrogen (secondary N) is 1. The number of carbonyl (C=O) groups is 2. The van der Waals surface area contributed by atoms with Crippen molar-refractivity contribution < 1.29 is 24.5 Å². The summed E-state index contributed by atoms with van der Waals surface area (Å²) in [4.78, 5) is 24.5. The molecule has 3 N–H and O–H groups in total. The van der Waals surface area contributed by atoms with Crippen molar-refractivity contribution in [3.05, 3.63) is 24.3 Å². The molecular weight excluding hydrogens is 923 g/mol. The van der Waals surface area contributed by atoms with Gasteiger partial charge in [0.2, 0.25) is 5.91 Å². The first-order chi connectivity index (χ1) is 37.0. The smallest absolute Gasteiger partial charge is 0.305 e. The zero-order valence-corrected chi connectivity index (χ0v) is 50.8. The Hall–Kier alpha value is -1.66. The molecule has 2 unspecified atom stereocenters. The van der Waals surface area contributed by atoms with Crippen LogP contribution in [0.25, 0.3) is 0 Å². The van der Waals surface area contributed by atoms with Crippen LogP contribution in [0.5, 0.6) is 0 Å².